The van der Waals surface area contributed by atoms with E-state index < -0.39 is 0 Å². The minimum atomic E-state index is -0.266. The van der Waals surface area contributed by atoms with E-state index >= 15 is 0 Å². The molecular formula is C15H22ClNO2. The average molecular weight is 284 g/mol. The fraction of sp³-hybridized carbons (Fsp3) is 0.400. The average Bonchev–Trinajstić information content (AvgIpc) is 2.43. The second-order valence-electron chi connectivity index (χ2n) is 3.99. The van der Waals surface area contributed by atoms with Gasteiger partial charge in [0.25, 0.3) is 0 Å². The molecule has 0 aromatic heterocycles. The first kappa shape index (κ1) is 17.7. The van der Waals surface area contributed by atoms with Crippen LogP contribution in [0.25, 0.3) is 6.08 Å². The highest BCUT2D eigenvalue weighted by Crippen LogP contribution is 2.06. The molecule has 0 saturated heterocycles. The van der Waals surface area contributed by atoms with E-state index in [-0.39, 0.29) is 18.4 Å². The smallest absolute Gasteiger partial charge is 0.338 e. The van der Waals surface area contributed by atoms with Crippen LogP contribution in [0.5, 0.6) is 0 Å². The molecule has 1 aromatic carbocycles. The maximum atomic E-state index is 11.7. The van der Waals surface area contributed by atoms with Gasteiger partial charge in [-0.2, -0.15) is 0 Å². The van der Waals surface area contributed by atoms with Crippen LogP contribution in [0.1, 0.15) is 29.8 Å². The first-order chi connectivity index (χ1) is 8.71. The van der Waals surface area contributed by atoms with Crippen molar-refractivity contribution in [3.05, 3.63) is 42.0 Å². The Morgan fingerprint density at radius 3 is 2.32 bits per heavy atom. The van der Waals surface area contributed by atoms with E-state index in [0.717, 1.165) is 25.2 Å². The summed E-state index contributed by atoms with van der Waals surface area (Å²) in [6.07, 6.45) is 1.75. The number of hydrogen-bond acceptors (Lipinski definition) is 3. The summed E-state index contributed by atoms with van der Waals surface area (Å²) in [5.41, 5.74) is 1.58. The molecule has 0 N–H and O–H groups in total. The van der Waals surface area contributed by atoms with Gasteiger partial charge in [-0.1, -0.05) is 38.6 Å². The van der Waals surface area contributed by atoms with E-state index in [9.17, 15) is 4.79 Å². The Balaban J connectivity index is 0.00000324. The van der Waals surface area contributed by atoms with Crippen LogP contribution < -0.4 is 0 Å². The van der Waals surface area contributed by atoms with Crippen molar-refractivity contribution in [3.63, 3.8) is 0 Å². The van der Waals surface area contributed by atoms with Crippen molar-refractivity contribution in [1.29, 1.82) is 0 Å². The molecule has 0 aliphatic rings. The van der Waals surface area contributed by atoms with Crippen LogP contribution in [0.2, 0.25) is 0 Å². The van der Waals surface area contributed by atoms with E-state index in [2.05, 4.69) is 25.3 Å². The monoisotopic (exact) mass is 283 g/mol. The van der Waals surface area contributed by atoms with E-state index in [1.807, 2.05) is 12.1 Å². The summed E-state index contributed by atoms with van der Waals surface area (Å²) < 4.78 is 5.23. The Morgan fingerprint density at radius 1 is 1.26 bits per heavy atom. The van der Waals surface area contributed by atoms with E-state index in [1.165, 1.54) is 0 Å². The zero-order valence-corrected chi connectivity index (χ0v) is 12.4. The predicted molar refractivity (Wildman–Crippen MR) is 81.9 cm³/mol. The summed E-state index contributed by atoms with van der Waals surface area (Å²) in [6.45, 7) is 11.0. The van der Waals surface area contributed by atoms with Crippen molar-refractivity contribution >= 4 is 24.5 Å². The molecule has 4 heteroatoms. The molecule has 106 valence electrons. The van der Waals surface area contributed by atoms with Gasteiger partial charge in [0, 0.05) is 6.54 Å². The van der Waals surface area contributed by atoms with Gasteiger partial charge in [-0.3, -0.25) is 0 Å². The van der Waals surface area contributed by atoms with Crippen molar-refractivity contribution in [3.8, 4) is 0 Å². The summed E-state index contributed by atoms with van der Waals surface area (Å²) >= 11 is 0. The molecule has 0 amide bonds. The van der Waals surface area contributed by atoms with Gasteiger partial charge in [0.05, 0.1) is 5.56 Å². The number of carbonyl (C=O) groups is 1. The van der Waals surface area contributed by atoms with Crippen LogP contribution in [0.4, 0.5) is 0 Å². The van der Waals surface area contributed by atoms with Crippen molar-refractivity contribution in [2.75, 3.05) is 26.2 Å². The minimum Gasteiger partial charge on any atom is -0.461 e. The zero-order chi connectivity index (χ0) is 13.4. The number of hydrogen-bond donors (Lipinski definition) is 0. The van der Waals surface area contributed by atoms with E-state index in [4.69, 9.17) is 4.74 Å². The number of ether oxygens (including phenoxy) is 1. The highest BCUT2D eigenvalue weighted by Gasteiger charge is 2.07. The summed E-state index contributed by atoms with van der Waals surface area (Å²) in [4.78, 5) is 14.0. The maximum Gasteiger partial charge on any atom is 0.338 e. The number of benzene rings is 1. The van der Waals surface area contributed by atoms with Gasteiger partial charge in [0.1, 0.15) is 6.61 Å². The highest BCUT2D eigenvalue weighted by atomic mass is 35.5. The molecule has 0 spiro atoms. The van der Waals surface area contributed by atoms with Crippen LogP contribution in [-0.2, 0) is 4.74 Å². The fourth-order valence-electron chi connectivity index (χ4n) is 1.65. The molecule has 1 rings (SSSR count). The van der Waals surface area contributed by atoms with Crippen LogP contribution in [0.15, 0.2) is 30.8 Å². The van der Waals surface area contributed by atoms with Crippen molar-refractivity contribution in [1.82, 2.24) is 4.90 Å². The van der Waals surface area contributed by atoms with Gasteiger partial charge >= 0.3 is 5.97 Å². The van der Waals surface area contributed by atoms with Crippen LogP contribution in [-0.4, -0.2) is 37.1 Å². The lowest BCUT2D eigenvalue weighted by molar-refractivity contribution is 0.0466. The molecule has 0 saturated carbocycles. The Hall–Kier alpha value is -1.32. The number of halogens is 1. The Kier molecular flexibility index (Phi) is 8.92. The van der Waals surface area contributed by atoms with E-state index in [1.54, 1.807) is 18.2 Å². The number of esters is 1. The minimum absolute atomic E-state index is 0. The molecule has 0 radical (unpaired) electrons. The number of rotatable bonds is 7. The molecule has 0 fully saturated rings. The van der Waals surface area contributed by atoms with Crippen LogP contribution >= 0.6 is 12.4 Å². The largest absolute Gasteiger partial charge is 0.461 e. The third-order valence-electron chi connectivity index (χ3n) is 2.92. The number of carbonyl (C=O) groups excluding carboxylic acids is 1. The molecule has 0 atom stereocenters. The summed E-state index contributed by atoms with van der Waals surface area (Å²) in [5, 5.41) is 0. The third kappa shape index (κ3) is 5.90. The van der Waals surface area contributed by atoms with Gasteiger partial charge in [-0.25, -0.2) is 4.79 Å². The predicted octanol–water partition coefficient (Wildman–Crippen LogP) is 3.25. The van der Waals surface area contributed by atoms with Crippen LogP contribution in [0, 0.1) is 0 Å². The topological polar surface area (TPSA) is 29.5 Å². The molecule has 3 nitrogen and oxygen atoms in total. The molecule has 0 unspecified atom stereocenters. The van der Waals surface area contributed by atoms with E-state index in [0.29, 0.717) is 12.2 Å². The van der Waals surface area contributed by atoms with Gasteiger partial charge in [-0.05, 0) is 30.8 Å². The molecule has 0 aliphatic carbocycles. The molecule has 0 heterocycles. The molecule has 0 bridgehead atoms. The quantitative estimate of drug-likeness (QED) is 0.720. The van der Waals surface area contributed by atoms with Gasteiger partial charge < -0.3 is 9.64 Å². The number of nitrogens with zero attached hydrogens (tertiary/aromatic N) is 1. The second kappa shape index (κ2) is 9.59. The fourth-order valence-corrected chi connectivity index (χ4v) is 1.65. The lowest BCUT2D eigenvalue weighted by Gasteiger charge is -2.17. The lowest BCUT2D eigenvalue weighted by Crippen LogP contribution is -2.27. The summed E-state index contributed by atoms with van der Waals surface area (Å²) in [7, 11) is 0. The van der Waals surface area contributed by atoms with Crippen molar-refractivity contribution < 1.29 is 9.53 Å². The highest BCUT2D eigenvalue weighted by molar-refractivity contribution is 5.89. The standard InChI is InChI=1S/C15H21NO2.ClH/c1-4-13-7-9-14(10-8-13)15(17)18-12-11-16(5-2)6-3;/h4,7-10H,1,5-6,11-12H2,2-3H3;1H. The third-order valence-corrected chi connectivity index (χ3v) is 2.92. The Labute approximate surface area is 121 Å². The number of likely N-dealkylation sites (N-methyl/N-ethyl adjacent to an activating group) is 1. The normalized spacial score (nSPS) is 9.84. The molecular weight excluding hydrogens is 262 g/mol. The summed E-state index contributed by atoms with van der Waals surface area (Å²) in [5.74, 6) is -0.266. The second-order valence-corrected chi connectivity index (χ2v) is 3.99. The first-order valence-corrected chi connectivity index (χ1v) is 6.33. The molecule has 1 aromatic rings. The SMILES string of the molecule is C=Cc1ccc(C(=O)OCCN(CC)CC)cc1.Cl. The summed E-state index contributed by atoms with van der Waals surface area (Å²) in [6, 6.07) is 7.23. The van der Waals surface area contributed by atoms with Gasteiger partial charge in [0.2, 0.25) is 0 Å². The Bertz CT molecular complexity index is 386. The van der Waals surface area contributed by atoms with Crippen LogP contribution in [0.3, 0.4) is 0 Å². The van der Waals surface area contributed by atoms with Gasteiger partial charge in [0.15, 0.2) is 0 Å². The zero-order valence-electron chi connectivity index (χ0n) is 11.6. The van der Waals surface area contributed by atoms with Gasteiger partial charge in [-0.15, -0.1) is 12.4 Å². The Morgan fingerprint density at radius 2 is 1.84 bits per heavy atom. The first-order valence-electron chi connectivity index (χ1n) is 6.33. The lowest BCUT2D eigenvalue weighted by atomic mass is 10.1. The maximum absolute atomic E-state index is 11.7. The van der Waals surface area contributed by atoms with Crippen molar-refractivity contribution in [2.45, 2.75) is 13.8 Å². The van der Waals surface area contributed by atoms with Crippen molar-refractivity contribution in [2.24, 2.45) is 0 Å². The molecule has 19 heavy (non-hydrogen) atoms. The molecule has 0 aliphatic heterocycles.